The van der Waals surface area contributed by atoms with E-state index in [-0.39, 0.29) is 43.5 Å². The van der Waals surface area contributed by atoms with Crippen LogP contribution in [0.25, 0.3) is 11.1 Å². The van der Waals surface area contributed by atoms with E-state index in [9.17, 15) is 24.3 Å². The molecule has 0 saturated carbocycles. The number of aliphatic carboxylic acids is 1. The van der Waals surface area contributed by atoms with Gasteiger partial charge in [-0.05, 0) is 75.1 Å². The maximum absolute atomic E-state index is 12.5. The van der Waals surface area contributed by atoms with Crippen LogP contribution in [0.3, 0.4) is 0 Å². The van der Waals surface area contributed by atoms with Gasteiger partial charge in [0.15, 0.2) is 0 Å². The van der Waals surface area contributed by atoms with Gasteiger partial charge >= 0.3 is 24.1 Å². The predicted octanol–water partition coefficient (Wildman–Crippen LogP) is 4.25. The quantitative estimate of drug-likeness (QED) is 0.207. The number of likely N-dealkylation sites (tertiary alicyclic amines) is 1. The van der Waals surface area contributed by atoms with Crippen LogP contribution in [-0.4, -0.2) is 84.5 Å². The minimum absolute atomic E-state index is 0.0164. The van der Waals surface area contributed by atoms with Crippen molar-refractivity contribution in [3.8, 4) is 11.1 Å². The second-order valence-electron chi connectivity index (χ2n) is 12.4. The number of carbonyl (C=O) groups is 4. The van der Waals surface area contributed by atoms with E-state index in [2.05, 4.69) is 16.0 Å². The van der Waals surface area contributed by atoms with Crippen LogP contribution in [0.15, 0.2) is 48.5 Å². The zero-order valence-electron chi connectivity index (χ0n) is 25.8. The molecule has 1 aliphatic heterocycles. The number of esters is 1. The summed E-state index contributed by atoms with van der Waals surface area (Å²) in [4.78, 5) is 50.7. The van der Waals surface area contributed by atoms with Crippen molar-refractivity contribution >= 4 is 24.1 Å². The Kier molecular flexibility index (Phi) is 11.2. The number of ether oxygens (including phenoxy) is 2. The Morgan fingerprint density at radius 2 is 1.57 bits per heavy atom. The summed E-state index contributed by atoms with van der Waals surface area (Å²) in [5, 5.41) is 17.9. The van der Waals surface area contributed by atoms with Crippen LogP contribution < -0.4 is 16.0 Å². The van der Waals surface area contributed by atoms with Crippen molar-refractivity contribution < 1.29 is 33.8 Å². The van der Waals surface area contributed by atoms with E-state index in [1.54, 1.807) is 0 Å². The van der Waals surface area contributed by atoms with Gasteiger partial charge in [0.2, 0.25) is 0 Å². The summed E-state index contributed by atoms with van der Waals surface area (Å²) in [5.74, 6) is -1.50. The molecule has 238 valence electrons. The molecule has 0 spiro atoms. The molecule has 11 nitrogen and oxygen atoms in total. The van der Waals surface area contributed by atoms with E-state index in [0.717, 1.165) is 35.1 Å². The first-order chi connectivity index (χ1) is 21.0. The highest BCUT2D eigenvalue weighted by Gasteiger charge is 2.30. The molecule has 4 rings (SSSR count). The van der Waals surface area contributed by atoms with Gasteiger partial charge in [-0.1, -0.05) is 48.5 Å². The number of benzene rings is 2. The van der Waals surface area contributed by atoms with Crippen LogP contribution in [0.5, 0.6) is 0 Å². The van der Waals surface area contributed by atoms with Crippen LogP contribution in [0.2, 0.25) is 0 Å². The zero-order valence-corrected chi connectivity index (χ0v) is 25.8. The molecule has 4 N–H and O–H groups in total. The topological polar surface area (TPSA) is 146 Å². The summed E-state index contributed by atoms with van der Waals surface area (Å²) >= 11 is 0. The number of carboxylic acids is 1. The lowest BCUT2D eigenvalue weighted by molar-refractivity contribution is -0.156. The summed E-state index contributed by atoms with van der Waals surface area (Å²) in [6, 6.07) is 14.7. The van der Waals surface area contributed by atoms with Crippen molar-refractivity contribution in [3.05, 3.63) is 59.7 Å². The number of fused-ring (bicyclic) bond motifs is 3. The van der Waals surface area contributed by atoms with Gasteiger partial charge in [-0.2, -0.15) is 0 Å². The molecule has 0 aromatic heterocycles. The third kappa shape index (κ3) is 9.44. The van der Waals surface area contributed by atoms with Crippen LogP contribution in [0.1, 0.15) is 69.9 Å². The molecule has 3 amide bonds. The van der Waals surface area contributed by atoms with Gasteiger partial charge in [0.1, 0.15) is 18.2 Å². The monoisotopic (exact) mass is 608 g/mol. The number of rotatable bonds is 12. The molecule has 11 heteroatoms. The van der Waals surface area contributed by atoms with Crippen LogP contribution in [-0.2, 0) is 19.1 Å². The number of hydrogen-bond acceptors (Lipinski definition) is 7. The minimum Gasteiger partial charge on any atom is -0.480 e. The smallest absolute Gasteiger partial charge is 0.407 e. The highest BCUT2D eigenvalue weighted by molar-refractivity contribution is 5.81. The van der Waals surface area contributed by atoms with E-state index in [0.29, 0.717) is 32.5 Å². The molecule has 1 unspecified atom stereocenters. The number of unbranched alkanes of at least 4 members (excludes halogenated alkanes) is 1. The molecular weight excluding hydrogens is 564 g/mol. The third-order valence-corrected chi connectivity index (χ3v) is 7.83. The molecule has 44 heavy (non-hydrogen) atoms. The number of amides is 3. The number of carboxylic acid groups (broad SMARTS) is 1. The third-order valence-electron chi connectivity index (χ3n) is 7.83. The second kappa shape index (κ2) is 15.1. The highest BCUT2D eigenvalue weighted by Crippen LogP contribution is 2.44. The van der Waals surface area contributed by atoms with Crippen LogP contribution in [0, 0.1) is 0 Å². The highest BCUT2D eigenvalue weighted by atomic mass is 16.6. The summed E-state index contributed by atoms with van der Waals surface area (Å²) in [6.45, 7) is 7.63. The molecule has 2 aromatic carbocycles. The molecule has 2 aliphatic rings. The van der Waals surface area contributed by atoms with Crippen LogP contribution in [0.4, 0.5) is 9.59 Å². The van der Waals surface area contributed by atoms with Crippen molar-refractivity contribution in [2.75, 3.05) is 32.8 Å². The van der Waals surface area contributed by atoms with Gasteiger partial charge in [0.25, 0.3) is 0 Å². The second-order valence-corrected chi connectivity index (χ2v) is 12.4. The van der Waals surface area contributed by atoms with Crippen molar-refractivity contribution in [3.63, 3.8) is 0 Å². The molecule has 1 saturated heterocycles. The van der Waals surface area contributed by atoms with Gasteiger partial charge in [-0.15, -0.1) is 0 Å². The number of carbonyl (C=O) groups excluding carboxylic acids is 3. The number of piperidine rings is 1. The normalized spacial score (nSPS) is 15.9. The molecule has 1 atom stereocenters. The Balaban J connectivity index is 1.11. The van der Waals surface area contributed by atoms with Gasteiger partial charge < -0.3 is 30.5 Å². The molecule has 0 bridgehead atoms. The molecule has 2 aromatic rings. The van der Waals surface area contributed by atoms with E-state index in [1.807, 2.05) is 74.2 Å². The molecule has 1 aliphatic carbocycles. The van der Waals surface area contributed by atoms with E-state index in [1.165, 1.54) is 0 Å². The van der Waals surface area contributed by atoms with Crippen LogP contribution >= 0.6 is 0 Å². The standard InChI is InChI=1S/C33H44N4O7/c1-33(2,3)44-29(38)20-37-18-15-22(16-19-37)35-31(41)34-17-9-8-14-28(30(39)40)36-32(42)43-21-27-25-12-6-4-10-23(25)24-11-5-7-13-26(24)27/h4-7,10-13,22,27-28H,8-9,14-21H2,1-3H3,(H,36,42)(H,39,40)(H2,34,35,41). The molecule has 1 fully saturated rings. The first-order valence-corrected chi connectivity index (χ1v) is 15.3. The Hall–Kier alpha value is -4.12. The van der Waals surface area contributed by atoms with Crippen molar-refractivity contribution in [2.24, 2.45) is 0 Å². The predicted molar refractivity (Wildman–Crippen MR) is 165 cm³/mol. The Morgan fingerprint density at radius 1 is 0.955 bits per heavy atom. The fraction of sp³-hybridized carbons (Fsp3) is 0.515. The number of alkyl carbamates (subject to hydrolysis) is 1. The number of urea groups is 1. The SMILES string of the molecule is CC(C)(C)OC(=O)CN1CCC(NC(=O)NCCCCC(NC(=O)OCC2c3ccccc3-c3ccccc32)C(=O)O)CC1. The largest absolute Gasteiger partial charge is 0.480 e. The summed E-state index contributed by atoms with van der Waals surface area (Å²) < 4.78 is 10.9. The Bertz CT molecular complexity index is 1270. The first kappa shape index (κ1) is 32.8. The lowest BCUT2D eigenvalue weighted by Crippen LogP contribution is -2.49. The minimum atomic E-state index is -1.14. The number of nitrogens with zero attached hydrogens (tertiary/aromatic N) is 1. The maximum atomic E-state index is 12.5. The van der Waals surface area contributed by atoms with Gasteiger partial charge in [0, 0.05) is 31.6 Å². The maximum Gasteiger partial charge on any atom is 0.407 e. The van der Waals surface area contributed by atoms with Crippen molar-refractivity contribution in [2.45, 2.75) is 76.5 Å². The average molecular weight is 609 g/mol. The van der Waals surface area contributed by atoms with E-state index < -0.39 is 23.7 Å². The molecular formula is C33H44N4O7. The van der Waals surface area contributed by atoms with Gasteiger partial charge in [-0.25, -0.2) is 14.4 Å². The first-order valence-electron chi connectivity index (χ1n) is 15.3. The summed E-state index contributed by atoms with van der Waals surface area (Å²) in [6.07, 6.45) is 1.95. The van der Waals surface area contributed by atoms with Gasteiger partial charge in [-0.3, -0.25) is 9.69 Å². The van der Waals surface area contributed by atoms with Crippen molar-refractivity contribution in [1.29, 1.82) is 0 Å². The Morgan fingerprint density at radius 3 is 2.16 bits per heavy atom. The van der Waals surface area contributed by atoms with E-state index in [4.69, 9.17) is 9.47 Å². The number of nitrogens with one attached hydrogen (secondary N) is 3. The van der Waals surface area contributed by atoms with Crippen molar-refractivity contribution in [1.82, 2.24) is 20.9 Å². The lowest BCUT2D eigenvalue weighted by atomic mass is 9.98. The average Bonchev–Trinajstić information content (AvgIpc) is 3.29. The fourth-order valence-corrected chi connectivity index (χ4v) is 5.74. The van der Waals surface area contributed by atoms with Gasteiger partial charge in [0.05, 0.1) is 6.54 Å². The lowest BCUT2D eigenvalue weighted by Gasteiger charge is -2.32. The molecule has 1 heterocycles. The summed E-state index contributed by atoms with van der Waals surface area (Å²) in [7, 11) is 0. The zero-order chi connectivity index (χ0) is 31.7. The molecule has 0 radical (unpaired) electrons. The fourth-order valence-electron chi connectivity index (χ4n) is 5.74. The summed E-state index contributed by atoms with van der Waals surface area (Å²) in [5.41, 5.74) is 3.88. The van der Waals surface area contributed by atoms with E-state index >= 15 is 0 Å². The Labute approximate surface area is 258 Å². The number of hydrogen-bond donors (Lipinski definition) is 4.